The molecule has 1 heterocycles. The van der Waals surface area contributed by atoms with Crippen molar-refractivity contribution < 1.29 is 19.2 Å². The van der Waals surface area contributed by atoms with E-state index in [2.05, 4.69) is 5.10 Å². The number of nitro benzene ring substituents is 1. The Bertz CT molecular complexity index is 900. The molecule has 0 N–H and O–H groups in total. The summed E-state index contributed by atoms with van der Waals surface area (Å²) in [7, 11) is 0. The fourth-order valence-corrected chi connectivity index (χ4v) is 4.29. The van der Waals surface area contributed by atoms with Gasteiger partial charge in [0, 0.05) is 17.7 Å². The van der Waals surface area contributed by atoms with E-state index in [1.54, 1.807) is 0 Å². The maximum atomic E-state index is 12.7. The number of rotatable bonds is 4. The maximum Gasteiger partial charge on any atom is 0.270 e. The Morgan fingerprint density at radius 3 is 2.32 bits per heavy atom. The lowest BCUT2D eigenvalue weighted by molar-refractivity contribution is -0.384. The normalized spacial score (nSPS) is 28.5. The smallest absolute Gasteiger partial charge is 0.270 e. The van der Waals surface area contributed by atoms with Crippen molar-refractivity contribution in [2.45, 2.75) is 32.8 Å². The SMILES string of the molecule is CC(C)(C)Oc1ccc([N+](=O)[O-])cc1C=NN1C(=O)[C@@H]2[C@H](C1=O)[C@H]1C=C[C@H]2C1. The second-order valence-electron chi connectivity index (χ2n) is 8.43. The van der Waals surface area contributed by atoms with E-state index in [1.807, 2.05) is 32.9 Å². The summed E-state index contributed by atoms with van der Waals surface area (Å²) in [6, 6.07) is 4.16. The van der Waals surface area contributed by atoms with E-state index in [-0.39, 0.29) is 41.2 Å². The zero-order valence-corrected chi connectivity index (χ0v) is 15.9. The molecule has 4 atom stereocenters. The molecule has 1 aromatic carbocycles. The molecule has 0 unspecified atom stereocenters. The first kappa shape index (κ1) is 18.3. The van der Waals surface area contributed by atoms with Gasteiger partial charge >= 0.3 is 0 Å². The van der Waals surface area contributed by atoms with Crippen molar-refractivity contribution >= 4 is 23.7 Å². The van der Waals surface area contributed by atoms with Crippen LogP contribution in [0.5, 0.6) is 5.75 Å². The van der Waals surface area contributed by atoms with Crippen LogP contribution in [0.25, 0.3) is 0 Å². The van der Waals surface area contributed by atoms with E-state index >= 15 is 0 Å². The molecular weight excluding hydrogens is 362 g/mol. The Balaban J connectivity index is 1.64. The van der Waals surface area contributed by atoms with Crippen LogP contribution in [0.4, 0.5) is 5.69 Å². The standard InChI is InChI=1S/C20H21N3O5/c1-20(2,3)28-15-7-6-14(23(26)27)9-13(15)10-21-22-18(24)16-11-4-5-12(8-11)17(16)19(22)25/h4-7,9-12,16-17H,8H2,1-3H3/t11-,12-,16-,17+/m0/s1. The van der Waals surface area contributed by atoms with Crippen LogP contribution in [-0.2, 0) is 9.59 Å². The number of non-ortho nitro benzene ring substituents is 1. The minimum absolute atomic E-state index is 0.101. The van der Waals surface area contributed by atoms with E-state index in [0.717, 1.165) is 11.4 Å². The van der Waals surface area contributed by atoms with Gasteiger partial charge in [-0.1, -0.05) is 12.2 Å². The van der Waals surface area contributed by atoms with Crippen LogP contribution < -0.4 is 4.74 Å². The van der Waals surface area contributed by atoms with Gasteiger partial charge in [-0.15, -0.1) is 0 Å². The minimum Gasteiger partial charge on any atom is -0.487 e. The molecule has 2 fully saturated rings. The molecule has 2 aliphatic carbocycles. The molecule has 1 saturated heterocycles. The quantitative estimate of drug-likeness (QED) is 0.261. The number of carbonyl (C=O) groups is 2. The zero-order valence-electron chi connectivity index (χ0n) is 15.9. The summed E-state index contributed by atoms with van der Waals surface area (Å²) in [4.78, 5) is 36.0. The van der Waals surface area contributed by atoms with E-state index in [0.29, 0.717) is 11.3 Å². The molecule has 2 amide bonds. The number of fused-ring (bicyclic) bond motifs is 5. The van der Waals surface area contributed by atoms with Gasteiger partial charge in [0.2, 0.25) is 0 Å². The molecule has 2 bridgehead atoms. The average Bonchev–Trinajstić information content (AvgIpc) is 3.27. The van der Waals surface area contributed by atoms with Gasteiger partial charge in [0.1, 0.15) is 11.4 Å². The predicted octanol–water partition coefficient (Wildman–Crippen LogP) is 2.91. The van der Waals surface area contributed by atoms with Crippen LogP contribution >= 0.6 is 0 Å². The van der Waals surface area contributed by atoms with Crippen LogP contribution in [0.1, 0.15) is 32.8 Å². The molecule has 1 aromatic rings. The lowest BCUT2D eigenvalue weighted by atomic mass is 9.85. The number of benzene rings is 1. The van der Waals surface area contributed by atoms with Gasteiger partial charge in [-0.05, 0) is 45.1 Å². The van der Waals surface area contributed by atoms with Crippen LogP contribution in [0.2, 0.25) is 0 Å². The first-order valence-corrected chi connectivity index (χ1v) is 9.23. The van der Waals surface area contributed by atoms with Gasteiger partial charge < -0.3 is 4.74 Å². The van der Waals surface area contributed by atoms with Crippen LogP contribution in [0.15, 0.2) is 35.5 Å². The molecule has 28 heavy (non-hydrogen) atoms. The summed E-state index contributed by atoms with van der Waals surface area (Å²) in [5, 5.41) is 16.1. The molecule has 8 heteroatoms. The highest BCUT2D eigenvalue weighted by Crippen LogP contribution is 2.52. The third-order valence-corrected chi connectivity index (χ3v) is 5.38. The number of carbonyl (C=O) groups excluding carboxylic acids is 2. The van der Waals surface area contributed by atoms with Crippen molar-refractivity contribution in [3.05, 3.63) is 46.0 Å². The summed E-state index contributed by atoms with van der Waals surface area (Å²) in [5.74, 6) is -0.680. The number of hydrogen-bond donors (Lipinski definition) is 0. The van der Waals surface area contributed by atoms with Crippen molar-refractivity contribution in [3.63, 3.8) is 0 Å². The zero-order chi connectivity index (χ0) is 20.2. The Labute approximate surface area is 162 Å². The number of hydrogen-bond acceptors (Lipinski definition) is 6. The lowest BCUT2D eigenvalue weighted by Crippen LogP contribution is -2.28. The van der Waals surface area contributed by atoms with Crippen molar-refractivity contribution in [1.82, 2.24) is 5.01 Å². The highest BCUT2D eigenvalue weighted by molar-refractivity contribution is 6.07. The molecule has 146 valence electrons. The molecule has 1 aliphatic heterocycles. The van der Waals surface area contributed by atoms with Crippen LogP contribution in [-0.4, -0.2) is 33.6 Å². The Morgan fingerprint density at radius 2 is 1.79 bits per heavy atom. The molecule has 3 aliphatic rings. The van der Waals surface area contributed by atoms with Crippen molar-refractivity contribution in [3.8, 4) is 5.75 Å². The van der Waals surface area contributed by atoms with Crippen molar-refractivity contribution in [1.29, 1.82) is 0 Å². The summed E-state index contributed by atoms with van der Waals surface area (Å²) >= 11 is 0. The van der Waals surface area contributed by atoms with Gasteiger partial charge in [-0.3, -0.25) is 19.7 Å². The number of hydrazone groups is 1. The fourth-order valence-electron chi connectivity index (χ4n) is 4.29. The van der Waals surface area contributed by atoms with Gasteiger partial charge in [0.05, 0.1) is 23.0 Å². The number of amides is 2. The highest BCUT2D eigenvalue weighted by Gasteiger charge is 2.59. The number of imide groups is 1. The molecular formula is C20H21N3O5. The first-order valence-electron chi connectivity index (χ1n) is 9.23. The van der Waals surface area contributed by atoms with Gasteiger partial charge in [-0.25, -0.2) is 0 Å². The van der Waals surface area contributed by atoms with Gasteiger partial charge in [-0.2, -0.15) is 10.1 Å². The predicted molar refractivity (Wildman–Crippen MR) is 101 cm³/mol. The highest BCUT2D eigenvalue weighted by atomic mass is 16.6. The Morgan fingerprint density at radius 1 is 1.18 bits per heavy atom. The molecule has 0 spiro atoms. The molecule has 0 radical (unpaired) electrons. The first-order chi connectivity index (χ1) is 13.2. The Kier molecular flexibility index (Phi) is 4.10. The second kappa shape index (κ2) is 6.25. The number of nitrogens with zero attached hydrogens (tertiary/aromatic N) is 3. The summed E-state index contributed by atoms with van der Waals surface area (Å²) in [6.07, 6.45) is 6.17. The van der Waals surface area contributed by atoms with E-state index < -0.39 is 10.5 Å². The van der Waals surface area contributed by atoms with E-state index in [9.17, 15) is 19.7 Å². The number of ether oxygens (including phenoxy) is 1. The number of nitro groups is 1. The summed E-state index contributed by atoms with van der Waals surface area (Å²) < 4.78 is 5.84. The monoisotopic (exact) mass is 383 g/mol. The second-order valence-corrected chi connectivity index (χ2v) is 8.43. The van der Waals surface area contributed by atoms with E-state index in [1.165, 1.54) is 24.4 Å². The van der Waals surface area contributed by atoms with Gasteiger partial charge in [0.25, 0.3) is 17.5 Å². The van der Waals surface area contributed by atoms with Gasteiger partial charge in [0.15, 0.2) is 0 Å². The topological polar surface area (TPSA) is 102 Å². The van der Waals surface area contributed by atoms with Crippen molar-refractivity contribution in [2.24, 2.45) is 28.8 Å². The van der Waals surface area contributed by atoms with Crippen molar-refractivity contribution in [2.75, 3.05) is 0 Å². The fraction of sp³-hybridized carbons (Fsp3) is 0.450. The number of allylic oxidation sites excluding steroid dienone is 2. The largest absolute Gasteiger partial charge is 0.487 e. The molecule has 4 rings (SSSR count). The summed E-state index contributed by atoms with van der Waals surface area (Å²) in [5.41, 5.74) is -0.316. The maximum absolute atomic E-state index is 12.7. The van der Waals surface area contributed by atoms with Crippen LogP contribution in [0.3, 0.4) is 0 Å². The summed E-state index contributed by atoms with van der Waals surface area (Å²) in [6.45, 7) is 5.56. The molecule has 8 nitrogen and oxygen atoms in total. The molecule has 0 aromatic heterocycles. The minimum atomic E-state index is -0.528. The average molecular weight is 383 g/mol. The third-order valence-electron chi connectivity index (χ3n) is 5.38. The van der Waals surface area contributed by atoms with Crippen LogP contribution in [0, 0.1) is 33.8 Å². The van der Waals surface area contributed by atoms with E-state index in [4.69, 9.17) is 4.74 Å². The lowest BCUT2D eigenvalue weighted by Gasteiger charge is -2.22. The third kappa shape index (κ3) is 2.98. The Hall–Kier alpha value is -3.03. The molecule has 1 saturated carbocycles.